The van der Waals surface area contributed by atoms with Gasteiger partial charge in [0, 0.05) is 55.7 Å². The van der Waals surface area contributed by atoms with Crippen LogP contribution in [-0.2, 0) is 24.3 Å². The Balaban J connectivity index is 1.32. The van der Waals surface area contributed by atoms with E-state index in [1.807, 2.05) is 27.7 Å². The van der Waals surface area contributed by atoms with E-state index in [9.17, 15) is 9.59 Å². The normalized spacial score (nSPS) is 23.8. The van der Waals surface area contributed by atoms with Gasteiger partial charge in [0.25, 0.3) is 5.56 Å². The van der Waals surface area contributed by atoms with Gasteiger partial charge < -0.3 is 9.47 Å². The summed E-state index contributed by atoms with van der Waals surface area (Å²) in [6.07, 6.45) is 8.74. The fraction of sp³-hybridized carbons (Fsp3) is 0.542. The Labute approximate surface area is 177 Å². The van der Waals surface area contributed by atoms with E-state index in [1.165, 1.54) is 19.3 Å². The Hall–Kier alpha value is -2.47. The molecule has 2 atom stereocenters. The lowest BCUT2D eigenvalue weighted by Crippen LogP contribution is -2.50. The number of hydrogen-bond donors (Lipinski definition) is 0. The van der Waals surface area contributed by atoms with Gasteiger partial charge in [-0.05, 0) is 56.0 Å². The smallest absolute Gasteiger partial charge is 0.255 e. The van der Waals surface area contributed by atoms with E-state index >= 15 is 0 Å². The minimum Gasteiger partial charge on any atom is -0.341 e. The maximum atomic E-state index is 13.2. The molecule has 3 aliphatic rings. The standard InChI is InChI=1S/C24H30N4O2/c29-23(12-18-5-4-8-25-13-18)27-14-19-11-21(17-27)22-7-6-20(24(30)28(22)15-19)16-26-9-2-1-3-10-26/h4-8,13,19,21H,1-3,9-12,14-17H2/t19-,21+/m0/s1. The summed E-state index contributed by atoms with van der Waals surface area (Å²) in [5.74, 6) is 0.777. The van der Waals surface area contributed by atoms with E-state index < -0.39 is 0 Å². The maximum absolute atomic E-state index is 13.2. The second-order valence-electron chi connectivity index (χ2n) is 9.17. The number of carbonyl (C=O) groups excluding carboxylic acids is 1. The van der Waals surface area contributed by atoms with Crippen molar-refractivity contribution >= 4 is 5.91 Å². The summed E-state index contributed by atoms with van der Waals surface area (Å²) < 4.78 is 2.01. The Kier molecular flexibility index (Phi) is 5.42. The van der Waals surface area contributed by atoms with E-state index in [-0.39, 0.29) is 17.4 Å². The molecule has 2 fully saturated rings. The predicted octanol–water partition coefficient (Wildman–Crippen LogP) is 2.42. The highest BCUT2D eigenvalue weighted by Gasteiger charge is 2.36. The highest BCUT2D eigenvalue weighted by Crippen LogP contribution is 2.35. The van der Waals surface area contributed by atoms with E-state index in [2.05, 4.69) is 16.0 Å². The molecule has 2 aromatic heterocycles. The highest BCUT2D eigenvalue weighted by molar-refractivity contribution is 5.79. The number of amides is 1. The lowest BCUT2D eigenvalue weighted by atomic mass is 9.82. The Morgan fingerprint density at radius 3 is 2.73 bits per heavy atom. The number of carbonyl (C=O) groups is 1. The number of pyridine rings is 2. The number of hydrogen-bond acceptors (Lipinski definition) is 4. The van der Waals surface area contributed by atoms with Gasteiger partial charge in [0.05, 0.1) is 6.42 Å². The first-order chi connectivity index (χ1) is 14.7. The van der Waals surface area contributed by atoms with Crippen molar-refractivity contribution in [1.29, 1.82) is 0 Å². The zero-order chi connectivity index (χ0) is 20.5. The molecule has 158 valence electrons. The van der Waals surface area contributed by atoms with E-state index in [0.717, 1.165) is 56.0 Å². The first-order valence-corrected chi connectivity index (χ1v) is 11.3. The second-order valence-corrected chi connectivity index (χ2v) is 9.17. The molecule has 5 heterocycles. The molecule has 6 nitrogen and oxygen atoms in total. The van der Waals surface area contributed by atoms with Crippen molar-refractivity contribution in [2.24, 2.45) is 5.92 Å². The van der Waals surface area contributed by atoms with Crippen molar-refractivity contribution in [1.82, 2.24) is 19.4 Å². The van der Waals surface area contributed by atoms with Crippen LogP contribution in [0.2, 0.25) is 0 Å². The quantitative estimate of drug-likeness (QED) is 0.783. The second kappa shape index (κ2) is 8.34. The molecule has 0 radical (unpaired) electrons. The summed E-state index contributed by atoms with van der Waals surface area (Å²) in [6.45, 7) is 5.15. The first-order valence-electron chi connectivity index (χ1n) is 11.3. The van der Waals surface area contributed by atoms with Crippen molar-refractivity contribution in [2.45, 2.75) is 51.1 Å². The van der Waals surface area contributed by atoms with E-state index in [0.29, 0.717) is 18.9 Å². The van der Waals surface area contributed by atoms with Crippen LogP contribution >= 0.6 is 0 Å². The SMILES string of the molecule is O=C(Cc1cccnc1)N1C[C@@H]2C[C@H](C1)c1ccc(CN3CCCCC3)c(=O)n1C2. The molecule has 30 heavy (non-hydrogen) atoms. The zero-order valence-corrected chi connectivity index (χ0v) is 17.5. The van der Waals surface area contributed by atoms with Crippen molar-refractivity contribution in [3.05, 3.63) is 63.8 Å². The van der Waals surface area contributed by atoms with E-state index in [1.54, 1.807) is 12.4 Å². The van der Waals surface area contributed by atoms with Crippen LogP contribution in [0.25, 0.3) is 0 Å². The lowest BCUT2D eigenvalue weighted by molar-refractivity contribution is -0.133. The van der Waals surface area contributed by atoms with Crippen LogP contribution in [0.15, 0.2) is 41.5 Å². The maximum Gasteiger partial charge on any atom is 0.255 e. The van der Waals surface area contributed by atoms with Gasteiger partial charge in [-0.25, -0.2) is 0 Å². The van der Waals surface area contributed by atoms with Crippen molar-refractivity contribution in [3.63, 3.8) is 0 Å². The van der Waals surface area contributed by atoms with Crippen LogP contribution in [0.3, 0.4) is 0 Å². The van der Waals surface area contributed by atoms with Gasteiger partial charge in [-0.15, -0.1) is 0 Å². The number of nitrogens with zero attached hydrogens (tertiary/aromatic N) is 4. The van der Waals surface area contributed by atoms with Gasteiger partial charge in [-0.1, -0.05) is 18.6 Å². The molecule has 2 aromatic rings. The molecule has 0 saturated carbocycles. The van der Waals surface area contributed by atoms with Gasteiger partial charge in [0.1, 0.15) is 0 Å². The summed E-state index contributed by atoms with van der Waals surface area (Å²) in [4.78, 5) is 34.6. The molecular formula is C24H30N4O2. The molecule has 0 aromatic carbocycles. The van der Waals surface area contributed by atoms with Gasteiger partial charge in [-0.2, -0.15) is 0 Å². The predicted molar refractivity (Wildman–Crippen MR) is 115 cm³/mol. The summed E-state index contributed by atoms with van der Waals surface area (Å²) in [6, 6.07) is 8.02. The molecule has 0 N–H and O–H groups in total. The van der Waals surface area contributed by atoms with Crippen LogP contribution in [0.5, 0.6) is 0 Å². The van der Waals surface area contributed by atoms with Crippen LogP contribution in [-0.4, -0.2) is 51.4 Å². The lowest BCUT2D eigenvalue weighted by Gasteiger charge is -2.43. The Morgan fingerprint density at radius 1 is 1.07 bits per heavy atom. The molecule has 2 saturated heterocycles. The van der Waals surface area contributed by atoms with Gasteiger partial charge >= 0.3 is 0 Å². The fourth-order valence-corrected chi connectivity index (χ4v) is 5.46. The van der Waals surface area contributed by atoms with Crippen LogP contribution < -0.4 is 5.56 Å². The molecule has 0 aliphatic carbocycles. The Bertz CT molecular complexity index is 965. The minimum absolute atomic E-state index is 0.162. The minimum atomic E-state index is 0.162. The topological polar surface area (TPSA) is 58.4 Å². The highest BCUT2D eigenvalue weighted by atomic mass is 16.2. The van der Waals surface area contributed by atoms with Crippen molar-refractivity contribution in [3.8, 4) is 0 Å². The molecule has 2 bridgehead atoms. The average Bonchev–Trinajstić information content (AvgIpc) is 2.77. The number of likely N-dealkylation sites (tertiary alicyclic amines) is 2. The molecule has 0 unspecified atom stereocenters. The summed E-state index contributed by atoms with van der Waals surface area (Å²) in [5.41, 5.74) is 3.17. The molecular weight excluding hydrogens is 376 g/mol. The summed E-state index contributed by atoms with van der Waals surface area (Å²) in [7, 11) is 0. The molecule has 1 amide bonds. The number of rotatable bonds is 4. The largest absolute Gasteiger partial charge is 0.341 e. The van der Waals surface area contributed by atoms with Crippen LogP contribution in [0, 0.1) is 5.92 Å². The first kappa shape index (κ1) is 19.5. The zero-order valence-electron chi connectivity index (χ0n) is 17.5. The molecule has 6 heteroatoms. The third-order valence-electron chi connectivity index (χ3n) is 6.96. The average molecular weight is 407 g/mol. The van der Waals surface area contributed by atoms with Crippen LogP contribution in [0.4, 0.5) is 0 Å². The van der Waals surface area contributed by atoms with Gasteiger partial charge in [0.15, 0.2) is 0 Å². The van der Waals surface area contributed by atoms with Crippen LogP contribution in [0.1, 0.15) is 48.4 Å². The van der Waals surface area contributed by atoms with E-state index in [4.69, 9.17) is 0 Å². The van der Waals surface area contributed by atoms with Gasteiger partial charge in [-0.3, -0.25) is 19.5 Å². The molecule has 0 spiro atoms. The summed E-state index contributed by atoms with van der Waals surface area (Å²) >= 11 is 0. The number of piperidine rings is 2. The number of aromatic nitrogens is 2. The summed E-state index contributed by atoms with van der Waals surface area (Å²) in [5, 5.41) is 0. The monoisotopic (exact) mass is 406 g/mol. The molecule has 3 aliphatic heterocycles. The third-order valence-corrected chi connectivity index (χ3v) is 6.96. The van der Waals surface area contributed by atoms with Crippen molar-refractivity contribution in [2.75, 3.05) is 26.2 Å². The van der Waals surface area contributed by atoms with Crippen molar-refractivity contribution < 1.29 is 4.79 Å². The fourth-order valence-electron chi connectivity index (χ4n) is 5.46. The Morgan fingerprint density at radius 2 is 1.93 bits per heavy atom. The van der Waals surface area contributed by atoms with Gasteiger partial charge in [0.2, 0.25) is 5.91 Å². The molecule has 5 rings (SSSR count). The number of fused-ring (bicyclic) bond motifs is 4. The third kappa shape index (κ3) is 3.93.